The number of benzene rings is 1. The molecule has 1 aromatic carbocycles. The van der Waals surface area contributed by atoms with E-state index in [1.165, 1.54) is 31.5 Å². The number of urea groups is 1. The van der Waals surface area contributed by atoms with E-state index in [2.05, 4.69) is 16.3 Å². The van der Waals surface area contributed by atoms with Crippen LogP contribution in [0.25, 0.3) is 0 Å². The second-order valence-electron chi connectivity index (χ2n) is 8.30. The first-order valence-electron chi connectivity index (χ1n) is 10.1. The number of nitrogens with zero attached hydrogens (tertiary/aromatic N) is 2. The fourth-order valence-electron chi connectivity index (χ4n) is 3.85. The Morgan fingerprint density at radius 2 is 2.04 bits per heavy atom. The van der Waals surface area contributed by atoms with Gasteiger partial charge in [-0.25, -0.2) is 4.79 Å². The fraction of sp³-hybridized carbons (Fsp3) is 0.667. The van der Waals surface area contributed by atoms with E-state index >= 15 is 0 Å². The van der Waals surface area contributed by atoms with E-state index in [1.54, 1.807) is 4.90 Å². The largest absolute Gasteiger partial charge is 0.490 e. The summed E-state index contributed by atoms with van der Waals surface area (Å²) in [7, 11) is 1.85. The van der Waals surface area contributed by atoms with E-state index in [1.807, 2.05) is 33.0 Å². The topological polar surface area (TPSA) is 44.8 Å². The molecule has 2 fully saturated rings. The van der Waals surface area contributed by atoms with Crippen LogP contribution in [-0.4, -0.2) is 54.7 Å². The van der Waals surface area contributed by atoms with Crippen LogP contribution in [0, 0.1) is 5.92 Å². The predicted molar refractivity (Wildman–Crippen MR) is 109 cm³/mol. The minimum Gasteiger partial charge on any atom is -0.490 e. The molecular formula is C21H32ClN3O2. The van der Waals surface area contributed by atoms with Gasteiger partial charge in [0, 0.05) is 31.2 Å². The molecule has 1 saturated carbocycles. The maximum Gasteiger partial charge on any atom is 0.317 e. The van der Waals surface area contributed by atoms with Crippen molar-refractivity contribution in [3.8, 4) is 5.75 Å². The van der Waals surface area contributed by atoms with Gasteiger partial charge in [0.2, 0.25) is 0 Å². The number of nitrogens with one attached hydrogen (secondary N) is 1. The van der Waals surface area contributed by atoms with Gasteiger partial charge in [0.05, 0.1) is 6.10 Å². The third-order valence-electron chi connectivity index (χ3n) is 5.40. The molecule has 0 bridgehead atoms. The summed E-state index contributed by atoms with van der Waals surface area (Å²) >= 11 is 6.47. The first-order chi connectivity index (χ1) is 12.9. The first-order valence-corrected chi connectivity index (χ1v) is 10.5. The molecule has 0 radical (unpaired) electrons. The minimum atomic E-state index is -0.00487. The number of hydrogen-bond acceptors (Lipinski definition) is 3. The van der Waals surface area contributed by atoms with Crippen molar-refractivity contribution in [2.75, 3.05) is 26.7 Å². The predicted octanol–water partition coefficient (Wildman–Crippen LogP) is 4.14. The van der Waals surface area contributed by atoms with E-state index in [0.717, 1.165) is 36.7 Å². The Morgan fingerprint density at radius 1 is 1.33 bits per heavy atom. The smallest absolute Gasteiger partial charge is 0.317 e. The molecule has 1 aliphatic carbocycles. The van der Waals surface area contributed by atoms with E-state index in [9.17, 15) is 4.79 Å². The number of carbonyl (C=O) groups is 1. The van der Waals surface area contributed by atoms with Crippen LogP contribution in [0.2, 0.25) is 5.02 Å². The van der Waals surface area contributed by atoms with Gasteiger partial charge in [-0.2, -0.15) is 0 Å². The van der Waals surface area contributed by atoms with Crippen LogP contribution < -0.4 is 10.1 Å². The van der Waals surface area contributed by atoms with Crippen molar-refractivity contribution in [1.29, 1.82) is 0 Å². The zero-order valence-electron chi connectivity index (χ0n) is 16.7. The average Bonchev–Trinajstić information content (AvgIpc) is 3.07. The van der Waals surface area contributed by atoms with Gasteiger partial charge < -0.3 is 15.0 Å². The van der Waals surface area contributed by atoms with Crippen LogP contribution in [0.3, 0.4) is 0 Å². The standard InChI is InChI=1S/C21H32ClN3O2/c1-15(2)23-21(26)24(3)13-16-10-19(11-16)27-18-7-6-17(20(22)12-18)14-25-8-4-5-9-25/h6-7,12,15-16,19H,4-5,8-11,13-14H2,1-3H3,(H,23,26). The van der Waals surface area contributed by atoms with E-state index < -0.39 is 0 Å². The SMILES string of the molecule is CC(C)NC(=O)N(C)CC1CC(Oc2ccc(CN3CCCC3)c(Cl)c2)C1. The number of amides is 2. The molecule has 27 heavy (non-hydrogen) atoms. The molecule has 1 saturated heterocycles. The Balaban J connectivity index is 1.42. The van der Waals surface area contributed by atoms with Gasteiger partial charge in [-0.15, -0.1) is 0 Å². The summed E-state index contributed by atoms with van der Waals surface area (Å²) in [5, 5.41) is 3.71. The van der Waals surface area contributed by atoms with Crippen LogP contribution in [0.15, 0.2) is 18.2 Å². The highest BCUT2D eigenvalue weighted by Crippen LogP contribution is 2.33. The lowest BCUT2D eigenvalue weighted by atomic mass is 9.82. The zero-order valence-corrected chi connectivity index (χ0v) is 17.5. The third kappa shape index (κ3) is 5.76. The summed E-state index contributed by atoms with van der Waals surface area (Å²) in [6.45, 7) is 7.98. The summed E-state index contributed by atoms with van der Waals surface area (Å²) < 4.78 is 6.08. The lowest BCUT2D eigenvalue weighted by Crippen LogP contribution is -2.46. The number of hydrogen-bond donors (Lipinski definition) is 1. The zero-order chi connectivity index (χ0) is 19.4. The second-order valence-corrected chi connectivity index (χ2v) is 8.71. The Morgan fingerprint density at radius 3 is 2.67 bits per heavy atom. The maximum absolute atomic E-state index is 12.0. The van der Waals surface area contributed by atoms with Crippen LogP contribution in [-0.2, 0) is 6.54 Å². The van der Waals surface area contributed by atoms with Crippen LogP contribution in [0.1, 0.15) is 45.1 Å². The van der Waals surface area contributed by atoms with Crippen LogP contribution in [0.5, 0.6) is 5.75 Å². The van der Waals surface area contributed by atoms with Crippen LogP contribution >= 0.6 is 11.6 Å². The van der Waals surface area contributed by atoms with Gasteiger partial charge in [-0.3, -0.25) is 4.90 Å². The van der Waals surface area contributed by atoms with Gasteiger partial charge in [0.1, 0.15) is 5.75 Å². The Hall–Kier alpha value is -1.46. The quantitative estimate of drug-likeness (QED) is 0.757. The van der Waals surface area contributed by atoms with Crippen molar-refractivity contribution in [3.63, 3.8) is 0 Å². The summed E-state index contributed by atoms with van der Waals surface area (Å²) in [5.41, 5.74) is 1.18. The van der Waals surface area contributed by atoms with Crippen molar-refractivity contribution in [3.05, 3.63) is 28.8 Å². The van der Waals surface area contributed by atoms with Crippen molar-refractivity contribution in [1.82, 2.24) is 15.1 Å². The average molecular weight is 394 g/mol. The highest BCUT2D eigenvalue weighted by atomic mass is 35.5. The minimum absolute atomic E-state index is 0.00487. The van der Waals surface area contributed by atoms with Crippen molar-refractivity contribution in [2.45, 2.75) is 58.2 Å². The lowest BCUT2D eigenvalue weighted by molar-refractivity contribution is 0.0521. The highest BCUT2D eigenvalue weighted by molar-refractivity contribution is 6.31. The van der Waals surface area contributed by atoms with Gasteiger partial charge in [0.15, 0.2) is 0 Å². The van der Waals surface area contributed by atoms with E-state index in [4.69, 9.17) is 16.3 Å². The fourth-order valence-corrected chi connectivity index (χ4v) is 4.08. The normalized spacial score (nSPS) is 22.6. The van der Waals surface area contributed by atoms with E-state index in [-0.39, 0.29) is 18.2 Å². The molecule has 150 valence electrons. The molecule has 6 heteroatoms. The molecular weight excluding hydrogens is 362 g/mol. The van der Waals surface area contributed by atoms with Gasteiger partial charge in [-0.05, 0) is 76.2 Å². The van der Waals surface area contributed by atoms with Crippen molar-refractivity contribution in [2.24, 2.45) is 5.92 Å². The molecule has 1 heterocycles. The van der Waals surface area contributed by atoms with Crippen molar-refractivity contribution < 1.29 is 9.53 Å². The van der Waals surface area contributed by atoms with E-state index in [0.29, 0.717) is 5.92 Å². The Bertz CT molecular complexity index is 640. The number of carbonyl (C=O) groups excluding carboxylic acids is 1. The lowest BCUT2D eigenvalue weighted by Gasteiger charge is -2.37. The monoisotopic (exact) mass is 393 g/mol. The molecule has 0 atom stereocenters. The molecule has 5 nitrogen and oxygen atoms in total. The highest BCUT2D eigenvalue weighted by Gasteiger charge is 2.32. The molecule has 1 N–H and O–H groups in total. The Kier molecular flexibility index (Phi) is 6.88. The molecule has 2 aliphatic rings. The van der Waals surface area contributed by atoms with Crippen LogP contribution in [0.4, 0.5) is 4.79 Å². The molecule has 1 aliphatic heterocycles. The number of halogens is 1. The number of ether oxygens (including phenoxy) is 1. The molecule has 3 rings (SSSR count). The number of rotatable bonds is 7. The summed E-state index contributed by atoms with van der Waals surface area (Å²) in [6, 6.07) is 6.23. The molecule has 2 amide bonds. The summed E-state index contributed by atoms with van der Waals surface area (Å²) in [5.74, 6) is 1.35. The van der Waals surface area contributed by atoms with Gasteiger partial charge >= 0.3 is 6.03 Å². The Labute approximate surface area is 168 Å². The first kappa shape index (κ1) is 20.3. The molecule has 0 spiro atoms. The molecule has 0 aromatic heterocycles. The molecule has 1 aromatic rings. The van der Waals surface area contributed by atoms with Gasteiger partial charge in [-0.1, -0.05) is 17.7 Å². The number of likely N-dealkylation sites (tertiary alicyclic amines) is 1. The molecule has 0 unspecified atom stereocenters. The second kappa shape index (κ2) is 9.16. The summed E-state index contributed by atoms with van der Waals surface area (Å²) in [4.78, 5) is 16.2. The third-order valence-corrected chi connectivity index (χ3v) is 5.76. The van der Waals surface area contributed by atoms with Crippen molar-refractivity contribution >= 4 is 17.6 Å². The maximum atomic E-state index is 12.0. The summed E-state index contributed by atoms with van der Waals surface area (Å²) in [6.07, 6.45) is 4.75. The van der Waals surface area contributed by atoms with Gasteiger partial charge in [0.25, 0.3) is 0 Å².